The second-order valence-electron chi connectivity index (χ2n) is 9.56. The quantitative estimate of drug-likeness (QED) is 0.303. The van der Waals surface area contributed by atoms with Crippen LogP contribution in [0.15, 0.2) is 22.7 Å². The van der Waals surface area contributed by atoms with Crippen LogP contribution in [-0.4, -0.2) is 84.1 Å². The molecule has 4 N–H and O–H groups in total. The summed E-state index contributed by atoms with van der Waals surface area (Å²) >= 11 is 0. The van der Waals surface area contributed by atoms with E-state index >= 15 is 0 Å². The van der Waals surface area contributed by atoms with E-state index in [9.17, 15) is 0 Å². The highest BCUT2D eigenvalue weighted by Gasteiger charge is 2.19. The van der Waals surface area contributed by atoms with Crippen molar-refractivity contribution in [1.82, 2.24) is 39.7 Å². The van der Waals surface area contributed by atoms with Crippen molar-refractivity contribution >= 4 is 22.8 Å². The Hall–Kier alpha value is -3.61. The Balaban J connectivity index is 1.33. The monoisotopic (exact) mass is 506 g/mol. The van der Waals surface area contributed by atoms with Gasteiger partial charge in [-0.1, -0.05) is 23.4 Å². The van der Waals surface area contributed by atoms with E-state index in [1.54, 1.807) is 6.92 Å². The Labute approximate surface area is 215 Å². The molecule has 0 aliphatic carbocycles. The van der Waals surface area contributed by atoms with Crippen LogP contribution in [0.3, 0.4) is 0 Å². The summed E-state index contributed by atoms with van der Waals surface area (Å²) in [5.41, 5.74) is 12.0. The number of benzene rings is 1. The number of piperazine rings is 1. The molecule has 12 heteroatoms. The first-order valence-corrected chi connectivity index (χ1v) is 12.6. The van der Waals surface area contributed by atoms with Crippen molar-refractivity contribution in [2.75, 3.05) is 50.4 Å². The first-order valence-electron chi connectivity index (χ1n) is 12.6. The van der Waals surface area contributed by atoms with Crippen molar-refractivity contribution in [3.05, 3.63) is 52.3 Å². The molecule has 0 unspecified atom stereocenters. The molecule has 0 saturated carbocycles. The van der Waals surface area contributed by atoms with Crippen LogP contribution in [0.2, 0.25) is 0 Å². The van der Waals surface area contributed by atoms with Gasteiger partial charge < -0.3 is 20.7 Å². The zero-order chi connectivity index (χ0) is 25.9. The molecule has 5 rings (SSSR count). The lowest BCUT2D eigenvalue weighted by Crippen LogP contribution is -2.46. The summed E-state index contributed by atoms with van der Waals surface area (Å²) in [6.45, 7) is 12.7. The Morgan fingerprint density at radius 2 is 1.81 bits per heavy atom. The molecule has 0 amide bonds. The van der Waals surface area contributed by atoms with Crippen molar-refractivity contribution in [3.63, 3.8) is 0 Å². The van der Waals surface area contributed by atoms with Crippen LogP contribution in [0.1, 0.15) is 34.1 Å². The summed E-state index contributed by atoms with van der Waals surface area (Å²) < 4.78 is 6.99. The van der Waals surface area contributed by atoms with E-state index in [-0.39, 0.29) is 12.6 Å². The smallest absolute Gasteiger partial charge is 0.223 e. The molecule has 4 heterocycles. The number of aryl methyl sites for hydroxylation is 3. The number of hydrogen-bond acceptors (Lipinski definition) is 11. The largest absolute Gasteiger partial charge is 0.395 e. The standard InChI is InChI=1S/C25H34N10O2/c1-16-12-19(14-34-8-6-33(7-9-34)10-11-36)4-5-20(16)15-35-23-22(17(2)31-35)29-25(26)30-24(23)27-13-21-28-18(3)37-32-21/h4-5,12,36H,6-11,13-15H2,1-3H3,(H3,26,27,29,30). The van der Waals surface area contributed by atoms with Crippen LogP contribution in [0.25, 0.3) is 11.0 Å². The minimum absolute atomic E-state index is 0.180. The second kappa shape index (κ2) is 10.8. The summed E-state index contributed by atoms with van der Waals surface area (Å²) in [4.78, 5) is 17.9. The van der Waals surface area contributed by atoms with Crippen molar-refractivity contribution < 1.29 is 9.63 Å². The van der Waals surface area contributed by atoms with Crippen LogP contribution in [0.5, 0.6) is 0 Å². The Kier molecular flexibility index (Phi) is 7.31. The number of anilines is 2. The van der Waals surface area contributed by atoms with Gasteiger partial charge in [-0.15, -0.1) is 0 Å². The van der Waals surface area contributed by atoms with Gasteiger partial charge in [0.05, 0.1) is 25.4 Å². The van der Waals surface area contributed by atoms with Crippen molar-refractivity contribution in [1.29, 1.82) is 0 Å². The first kappa shape index (κ1) is 25.1. The maximum atomic E-state index is 9.16. The number of nitrogens with two attached hydrogens (primary N) is 1. The number of rotatable bonds is 9. The van der Waals surface area contributed by atoms with Gasteiger partial charge in [-0.05, 0) is 30.5 Å². The van der Waals surface area contributed by atoms with E-state index in [4.69, 9.17) is 20.5 Å². The predicted octanol–water partition coefficient (Wildman–Crippen LogP) is 1.49. The molecule has 12 nitrogen and oxygen atoms in total. The van der Waals surface area contributed by atoms with Gasteiger partial charge in [-0.25, -0.2) is 4.98 Å². The molecule has 0 radical (unpaired) electrons. The van der Waals surface area contributed by atoms with E-state index in [0.29, 0.717) is 36.1 Å². The van der Waals surface area contributed by atoms with E-state index in [1.165, 1.54) is 16.7 Å². The van der Waals surface area contributed by atoms with Crippen molar-refractivity contribution in [2.24, 2.45) is 0 Å². The topological polar surface area (TPSA) is 147 Å². The van der Waals surface area contributed by atoms with Gasteiger partial charge in [0.2, 0.25) is 11.8 Å². The summed E-state index contributed by atoms with van der Waals surface area (Å²) in [5, 5.41) is 21.1. The zero-order valence-corrected chi connectivity index (χ0v) is 21.6. The third-order valence-electron chi connectivity index (χ3n) is 6.77. The maximum absolute atomic E-state index is 9.16. The van der Waals surface area contributed by atoms with Gasteiger partial charge in [0.15, 0.2) is 11.6 Å². The van der Waals surface area contributed by atoms with Gasteiger partial charge in [-0.3, -0.25) is 14.5 Å². The van der Waals surface area contributed by atoms with Gasteiger partial charge in [0.25, 0.3) is 0 Å². The Morgan fingerprint density at radius 3 is 2.51 bits per heavy atom. The number of aliphatic hydroxyl groups excluding tert-OH is 1. The summed E-state index contributed by atoms with van der Waals surface area (Å²) in [5.74, 6) is 1.81. The number of β-amino-alcohol motifs (C(OH)–C–C–N with tert-alkyl or cyclic N) is 1. The number of nitrogens with zero attached hydrogens (tertiary/aromatic N) is 8. The highest BCUT2D eigenvalue weighted by atomic mass is 16.5. The molecular formula is C25H34N10O2. The molecular weight excluding hydrogens is 472 g/mol. The van der Waals surface area contributed by atoms with E-state index in [0.717, 1.165) is 50.5 Å². The summed E-state index contributed by atoms with van der Waals surface area (Å²) in [7, 11) is 0. The van der Waals surface area contributed by atoms with E-state index < -0.39 is 0 Å². The van der Waals surface area contributed by atoms with Crippen LogP contribution in [0.4, 0.5) is 11.8 Å². The van der Waals surface area contributed by atoms with Gasteiger partial charge in [0.1, 0.15) is 11.0 Å². The number of nitrogens with one attached hydrogen (secondary N) is 1. The van der Waals surface area contributed by atoms with Crippen LogP contribution in [-0.2, 0) is 19.6 Å². The lowest BCUT2D eigenvalue weighted by Gasteiger charge is -2.34. The Morgan fingerprint density at radius 1 is 1.03 bits per heavy atom. The molecule has 1 saturated heterocycles. The maximum Gasteiger partial charge on any atom is 0.223 e. The predicted molar refractivity (Wildman–Crippen MR) is 140 cm³/mol. The lowest BCUT2D eigenvalue weighted by molar-refractivity contribution is 0.108. The van der Waals surface area contributed by atoms with Crippen LogP contribution in [0, 0.1) is 20.8 Å². The lowest BCUT2D eigenvalue weighted by atomic mass is 10.0. The molecule has 1 aliphatic heterocycles. The molecule has 3 aromatic heterocycles. The van der Waals surface area contributed by atoms with Crippen LogP contribution < -0.4 is 11.1 Å². The highest BCUT2D eigenvalue weighted by Crippen LogP contribution is 2.26. The second-order valence-corrected chi connectivity index (χ2v) is 9.56. The zero-order valence-electron chi connectivity index (χ0n) is 21.6. The van der Waals surface area contributed by atoms with Gasteiger partial charge in [-0.2, -0.15) is 15.1 Å². The molecule has 196 valence electrons. The summed E-state index contributed by atoms with van der Waals surface area (Å²) in [6, 6.07) is 6.65. The minimum Gasteiger partial charge on any atom is -0.395 e. The average molecular weight is 507 g/mol. The minimum atomic E-state index is 0.180. The van der Waals surface area contributed by atoms with E-state index in [2.05, 4.69) is 60.3 Å². The number of fused-ring (bicyclic) bond motifs is 1. The number of aliphatic hydroxyl groups is 1. The molecule has 4 aromatic rings. The first-order chi connectivity index (χ1) is 17.9. The van der Waals surface area contributed by atoms with Gasteiger partial charge >= 0.3 is 0 Å². The molecule has 0 bridgehead atoms. The SMILES string of the molecule is Cc1nc(CNc2nc(N)nc3c(C)nn(Cc4ccc(CN5CCN(CCO)CC5)cc4C)c23)no1. The fraction of sp³-hybridized carbons (Fsp3) is 0.480. The molecule has 37 heavy (non-hydrogen) atoms. The number of hydrogen-bond donors (Lipinski definition) is 3. The van der Waals surface area contributed by atoms with Crippen molar-refractivity contribution in [2.45, 2.75) is 40.4 Å². The molecule has 1 aromatic carbocycles. The average Bonchev–Trinajstić information content (AvgIpc) is 3.43. The fourth-order valence-electron chi connectivity index (χ4n) is 4.83. The normalized spacial score (nSPS) is 15.0. The molecule has 1 aliphatic rings. The number of nitrogen functional groups attached to an aromatic ring is 1. The third-order valence-corrected chi connectivity index (χ3v) is 6.77. The van der Waals surface area contributed by atoms with E-state index in [1.807, 2.05) is 11.6 Å². The fourth-order valence-corrected chi connectivity index (χ4v) is 4.83. The summed E-state index contributed by atoms with van der Waals surface area (Å²) in [6.07, 6.45) is 0. The third kappa shape index (κ3) is 5.71. The molecule has 1 fully saturated rings. The highest BCUT2D eigenvalue weighted by molar-refractivity contribution is 5.88. The molecule has 0 atom stereocenters. The number of aromatic nitrogens is 6. The molecule has 0 spiro atoms. The van der Waals surface area contributed by atoms with Crippen molar-refractivity contribution in [3.8, 4) is 0 Å². The Bertz CT molecular complexity index is 1370. The van der Waals surface area contributed by atoms with Gasteiger partial charge in [0, 0.05) is 46.2 Å². The van der Waals surface area contributed by atoms with Crippen LogP contribution >= 0.6 is 0 Å².